The Balaban J connectivity index is 1.33. The number of oxazole rings is 1. The molecule has 0 unspecified atom stereocenters. The van der Waals surface area contributed by atoms with Crippen molar-refractivity contribution in [1.29, 1.82) is 0 Å². The van der Waals surface area contributed by atoms with Gasteiger partial charge in [0.1, 0.15) is 12.1 Å². The Morgan fingerprint density at radius 3 is 2.47 bits per heavy atom. The number of hydrogen-bond donors (Lipinski definition) is 3. The molecule has 0 atom stereocenters. The van der Waals surface area contributed by atoms with Crippen molar-refractivity contribution in [3.63, 3.8) is 0 Å². The standard InChI is InChI=1S/C24H21FN6O/c25-17-3-8-20(9-4-17)31(15-23-27-11-12-32-23)19-6-1-16(2-7-19)14-28-18-5-10-21-22(13-18)30-24(26)29-21/h1-13,28H,14-15H2,(H3,26,29,30). The molecule has 160 valence electrons. The van der Waals surface area contributed by atoms with Gasteiger partial charge in [-0.05, 0) is 60.2 Å². The number of nitrogens with zero attached hydrogens (tertiary/aromatic N) is 3. The fourth-order valence-electron chi connectivity index (χ4n) is 3.56. The van der Waals surface area contributed by atoms with Gasteiger partial charge in [-0.25, -0.2) is 14.4 Å². The maximum absolute atomic E-state index is 13.4. The highest BCUT2D eigenvalue weighted by Crippen LogP contribution is 2.28. The zero-order chi connectivity index (χ0) is 21.9. The number of aromatic nitrogens is 3. The normalized spacial score (nSPS) is 11.0. The molecule has 0 aliphatic carbocycles. The second kappa shape index (κ2) is 8.43. The molecule has 5 aromatic rings. The van der Waals surface area contributed by atoms with E-state index in [-0.39, 0.29) is 5.82 Å². The van der Waals surface area contributed by atoms with Crippen LogP contribution in [0.4, 0.5) is 27.4 Å². The van der Waals surface area contributed by atoms with Gasteiger partial charge in [0, 0.05) is 23.6 Å². The van der Waals surface area contributed by atoms with Crippen LogP contribution in [0.5, 0.6) is 0 Å². The van der Waals surface area contributed by atoms with Crippen molar-refractivity contribution in [3.8, 4) is 0 Å². The molecule has 3 aromatic carbocycles. The molecule has 2 aromatic heterocycles. The van der Waals surface area contributed by atoms with E-state index < -0.39 is 0 Å². The van der Waals surface area contributed by atoms with Gasteiger partial charge in [-0.3, -0.25) is 0 Å². The molecule has 0 saturated carbocycles. The van der Waals surface area contributed by atoms with Crippen LogP contribution in [0.2, 0.25) is 0 Å². The zero-order valence-corrected chi connectivity index (χ0v) is 17.1. The number of nitrogens with one attached hydrogen (secondary N) is 2. The van der Waals surface area contributed by atoms with E-state index in [0.29, 0.717) is 24.9 Å². The molecule has 0 radical (unpaired) electrons. The fourth-order valence-corrected chi connectivity index (χ4v) is 3.56. The van der Waals surface area contributed by atoms with Crippen molar-refractivity contribution in [2.24, 2.45) is 0 Å². The minimum atomic E-state index is -0.276. The van der Waals surface area contributed by atoms with Crippen molar-refractivity contribution >= 4 is 34.0 Å². The quantitative estimate of drug-likeness (QED) is 0.329. The molecule has 8 heteroatoms. The molecule has 0 amide bonds. The molecule has 0 spiro atoms. The molecule has 0 aliphatic heterocycles. The number of aromatic amines is 1. The molecule has 0 bridgehead atoms. The average Bonchev–Trinajstić information content (AvgIpc) is 3.45. The number of anilines is 4. The molecule has 2 heterocycles. The van der Waals surface area contributed by atoms with Gasteiger partial charge < -0.3 is 25.4 Å². The summed E-state index contributed by atoms with van der Waals surface area (Å²) >= 11 is 0. The van der Waals surface area contributed by atoms with Crippen LogP contribution in [0.25, 0.3) is 11.0 Å². The third-order valence-corrected chi connectivity index (χ3v) is 5.16. The van der Waals surface area contributed by atoms with Crippen LogP contribution >= 0.6 is 0 Å². The van der Waals surface area contributed by atoms with E-state index in [0.717, 1.165) is 33.7 Å². The minimum absolute atomic E-state index is 0.276. The monoisotopic (exact) mass is 428 g/mol. The summed E-state index contributed by atoms with van der Waals surface area (Å²) in [4.78, 5) is 13.5. The lowest BCUT2D eigenvalue weighted by Crippen LogP contribution is -2.16. The van der Waals surface area contributed by atoms with Gasteiger partial charge in [0.2, 0.25) is 5.89 Å². The first-order valence-corrected chi connectivity index (χ1v) is 10.1. The van der Waals surface area contributed by atoms with Crippen LogP contribution in [0, 0.1) is 5.82 Å². The SMILES string of the molecule is Nc1nc2ccc(NCc3ccc(N(Cc4ncco4)c4ccc(F)cc4)cc3)cc2[nH]1. The smallest absolute Gasteiger partial charge is 0.213 e. The Bertz CT molecular complexity index is 1310. The lowest BCUT2D eigenvalue weighted by molar-refractivity contribution is 0.495. The summed E-state index contributed by atoms with van der Waals surface area (Å²) in [5.41, 5.74) is 11.3. The number of imidazole rings is 1. The molecule has 7 nitrogen and oxygen atoms in total. The lowest BCUT2D eigenvalue weighted by atomic mass is 10.1. The van der Waals surface area contributed by atoms with E-state index in [1.807, 2.05) is 35.2 Å². The number of nitrogen functional groups attached to an aromatic ring is 1. The zero-order valence-electron chi connectivity index (χ0n) is 17.1. The van der Waals surface area contributed by atoms with E-state index in [1.54, 1.807) is 24.6 Å². The van der Waals surface area contributed by atoms with Crippen molar-refractivity contribution in [2.45, 2.75) is 13.1 Å². The van der Waals surface area contributed by atoms with Gasteiger partial charge >= 0.3 is 0 Å². The van der Waals surface area contributed by atoms with Gasteiger partial charge in [-0.15, -0.1) is 0 Å². The van der Waals surface area contributed by atoms with Crippen molar-refractivity contribution in [2.75, 3.05) is 16.0 Å². The highest BCUT2D eigenvalue weighted by Gasteiger charge is 2.13. The summed E-state index contributed by atoms with van der Waals surface area (Å²) < 4.78 is 18.8. The average molecular weight is 428 g/mol. The lowest BCUT2D eigenvalue weighted by Gasteiger charge is -2.24. The first kappa shape index (κ1) is 19.6. The largest absolute Gasteiger partial charge is 0.447 e. The van der Waals surface area contributed by atoms with E-state index in [2.05, 4.69) is 32.4 Å². The van der Waals surface area contributed by atoms with E-state index >= 15 is 0 Å². The Morgan fingerprint density at radius 2 is 1.75 bits per heavy atom. The van der Waals surface area contributed by atoms with Crippen LogP contribution in [-0.2, 0) is 13.1 Å². The highest BCUT2D eigenvalue weighted by molar-refractivity contribution is 5.81. The van der Waals surface area contributed by atoms with Gasteiger partial charge in [0.25, 0.3) is 0 Å². The molecule has 32 heavy (non-hydrogen) atoms. The van der Waals surface area contributed by atoms with E-state index in [1.165, 1.54) is 12.1 Å². The maximum atomic E-state index is 13.4. The number of hydrogen-bond acceptors (Lipinski definition) is 6. The van der Waals surface area contributed by atoms with Crippen LogP contribution in [0.3, 0.4) is 0 Å². The fraction of sp³-hybridized carbons (Fsp3) is 0.0833. The summed E-state index contributed by atoms with van der Waals surface area (Å²) in [5.74, 6) is 0.709. The Morgan fingerprint density at radius 1 is 1.00 bits per heavy atom. The molecular formula is C24H21FN6O. The number of halogens is 1. The number of rotatable bonds is 7. The second-order valence-electron chi connectivity index (χ2n) is 7.36. The van der Waals surface area contributed by atoms with E-state index in [4.69, 9.17) is 10.2 Å². The Hall–Kier alpha value is -4.33. The summed E-state index contributed by atoms with van der Waals surface area (Å²) in [6.45, 7) is 1.09. The van der Waals surface area contributed by atoms with Gasteiger partial charge in [-0.1, -0.05) is 12.1 Å². The second-order valence-corrected chi connectivity index (χ2v) is 7.36. The van der Waals surface area contributed by atoms with Crippen LogP contribution in [-0.4, -0.2) is 15.0 Å². The molecule has 5 rings (SSSR count). The first-order chi connectivity index (χ1) is 15.6. The number of benzene rings is 3. The van der Waals surface area contributed by atoms with Gasteiger partial charge in [0.15, 0.2) is 5.95 Å². The molecule has 0 fully saturated rings. The van der Waals surface area contributed by atoms with Gasteiger partial charge in [0.05, 0.1) is 23.8 Å². The highest BCUT2D eigenvalue weighted by atomic mass is 19.1. The summed E-state index contributed by atoms with van der Waals surface area (Å²) in [6, 6.07) is 20.4. The number of H-pyrrole nitrogens is 1. The predicted octanol–water partition coefficient (Wildman–Crippen LogP) is 5.22. The van der Waals surface area contributed by atoms with Gasteiger partial charge in [-0.2, -0.15) is 0 Å². The van der Waals surface area contributed by atoms with Crippen LogP contribution in [0.1, 0.15) is 11.5 Å². The third-order valence-electron chi connectivity index (χ3n) is 5.16. The summed E-state index contributed by atoms with van der Waals surface area (Å²) in [7, 11) is 0. The van der Waals surface area contributed by atoms with Crippen molar-refractivity contribution in [3.05, 3.63) is 96.5 Å². The molecule has 4 N–H and O–H groups in total. The van der Waals surface area contributed by atoms with E-state index in [9.17, 15) is 4.39 Å². The van der Waals surface area contributed by atoms with Crippen LogP contribution in [0.15, 0.2) is 83.6 Å². The Labute approximate surface area is 183 Å². The van der Waals surface area contributed by atoms with Crippen molar-refractivity contribution < 1.29 is 8.81 Å². The molecule has 0 saturated heterocycles. The minimum Gasteiger partial charge on any atom is -0.447 e. The topological polar surface area (TPSA) is 96.0 Å². The van der Waals surface area contributed by atoms with Crippen molar-refractivity contribution in [1.82, 2.24) is 15.0 Å². The third kappa shape index (κ3) is 4.24. The summed E-state index contributed by atoms with van der Waals surface area (Å²) in [6.07, 6.45) is 3.16. The van der Waals surface area contributed by atoms with Crippen LogP contribution < -0.4 is 16.0 Å². The molecular weight excluding hydrogens is 407 g/mol. The first-order valence-electron chi connectivity index (χ1n) is 10.1. The maximum Gasteiger partial charge on any atom is 0.213 e. The number of nitrogens with two attached hydrogens (primary N) is 1. The Kier molecular flexibility index (Phi) is 5.17. The predicted molar refractivity (Wildman–Crippen MR) is 123 cm³/mol. The molecule has 0 aliphatic rings. The number of fused-ring (bicyclic) bond motifs is 1. The summed E-state index contributed by atoms with van der Waals surface area (Å²) in [5, 5.41) is 3.42.